The molecule has 1 aromatic rings. The van der Waals surface area contributed by atoms with E-state index in [4.69, 9.17) is 5.11 Å². The number of carbonyl (C=O) groups excluding carboxylic acids is 2. The van der Waals surface area contributed by atoms with E-state index in [9.17, 15) is 9.59 Å². The number of urea groups is 1. The third-order valence-electron chi connectivity index (χ3n) is 2.02. The van der Waals surface area contributed by atoms with Crippen LogP contribution >= 0.6 is 11.8 Å². The van der Waals surface area contributed by atoms with Crippen LogP contribution in [0.2, 0.25) is 0 Å². The first-order valence-electron chi connectivity index (χ1n) is 4.84. The molecule has 3 N–H and O–H groups in total. The molecule has 0 aromatic carbocycles. The molecule has 0 bridgehead atoms. The van der Waals surface area contributed by atoms with E-state index in [-0.39, 0.29) is 12.4 Å². The normalized spacial score (nSPS) is 10.1. The maximum atomic E-state index is 11.3. The van der Waals surface area contributed by atoms with Gasteiger partial charge in [-0.15, -0.1) is 0 Å². The fourth-order valence-electron chi connectivity index (χ4n) is 1.06. The average molecular weight is 258 g/mol. The zero-order valence-corrected chi connectivity index (χ0v) is 10.4. The van der Waals surface area contributed by atoms with Crippen molar-refractivity contribution in [2.75, 3.05) is 12.8 Å². The number of amides is 3. The minimum atomic E-state index is -0.536. The minimum Gasteiger partial charge on any atom is -0.390 e. The van der Waals surface area contributed by atoms with Gasteiger partial charge in [0.2, 0.25) is 5.91 Å². The first-order chi connectivity index (χ1) is 8.08. The maximum absolute atomic E-state index is 11.3. The zero-order chi connectivity index (χ0) is 12.8. The monoisotopic (exact) mass is 258 g/mol. The molecule has 8 heteroatoms. The lowest BCUT2D eigenvalue weighted by molar-refractivity contribution is -0.117. The summed E-state index contributed by atoms with van der Waals surface area (Å²) in [5, 5.41) is 14.0. The lowest BCUT2D eigenvalue weighted by atomic mass is 10.5. The fraction of sp³-hybridized carbons (Fsp3) is 0.444. The summed E-state index contributed by atoms with van der Waals surface area (Å²) >= 11 is 1.19. The topological polar surface area (TPSA) is 96.2 Å². The van der Waals surface area contributed by atoms with Gasteiger partial charge in [-0.2, -0.15) is 0 Å². The Morgan fingerprint density at radius 1 is 1.59 bits per heavy atom. The van der Waals surface area contributed by atoms with E-state index in [1.165, 1.54) is 18.8 Å². The number of nitrogens with one attached hydrogen (secondary N) is 2. The van der Waals surface area contributed by atoms with Crippen LogP contribution < -0.4 is 10.6 Å². The minimum absolute atomic E-state index is 0.0865. The van der Waals surface area contributed by atoms with Gasteiger partial charge in [0, 0.05) is 14.1 Å². The summed E-state index contributed by atoms with van der Waals surface area (Å²) in [6, 6.07) is -0.536. The first kappa shape index (κ1) is 13.5. The molecular formula is C9H14N4O3S. The average Bonchev–Trinajstić information content (AvgIpc) is 2.67. The SMILES string of the molecule is CNC(=O)NC(=O)CSc1ncc(CO)n1C. The molecular weight excluding hydrogens is 244 g/mol. The predicted octanol–water partition coefficient (Wildman–Crippen LogP) is -0.540. The lowest BCUT2D eigenvalue weighted by Crippen LogP contribution is -2.38. The third-order valence-corrected chi connectivity index (χ3v) is 3.06. The molecule has 0 saturated carbocycles. The summed E-state index contributed by atoms with van der Waals surface area (Å²) < 4.78 is 1.69. The summed E-state index contributed by atoms with van der Waals surface area (Å²) in [5.41, 5.74) is 0.666. The van der Waals surface area contributed by atoms with Gasteiger partial charge >= 0.3 is 6.03 Å². The van der Waals surface area contributed by atoms with Crippen LogP contribution in [0.4, 0.5) is 4.79 Å². The molecule has 94 valence electrons. The molecule has 0 unspecified atom stereocenters. The van der Waals surface area contributed by atoms with Crippen LogP contribution in [0.15, 0.2) is 11.4 Å². The van der Waals surface area contributed by atoms with Crippen molar-refractivity contribution >= 4 is 23.7 Å². The Kier molecular flexibility index (Phi) is 4.98. The van der Waals surface area contributed by atoms with Crippen LogP contribution in [0.1, 0.15) is 5.69 Å². The summed E-state index contributed by atoms with van der Waals surface area (Å²) in [6.07, 6.45) is 1.54. The predicted molar refractivity (Wildman–Crippen MR) is 62.5 cm³/mol. The van der Waals surface area contributed by atoms with Crippen molar-refractivity contribution in [2.24, 2.45) is 7.05 Å². The lowest BCUT2D eigenvalue weighted by Gasteiger charge is -2.04. The number of aliphatic hydroxyl groups is 1. The molecule has 0 fully saturated rings. The molecule has 1 aromatic heterocycles. The number of nitrogens with zero attached hydrogens (tertiary/aromatic N) is 2. The van der Waals surface area contributed by atoms with Crippen LogP contribution in [-0.2, 0) is 18.4 Å². The molecule has 0 aliphatic rings. The van der Waals surface area contributed by atoms with E-state index in [2.05, 4.69) is 15.6 Å². The number of imide groups is 1. The Balaban J connectivity index is 2.47. The van der Waals surface area contributed by atoms with E-state index in [0.29, 0.717) is 10.9 Å². The molecule has 0 radical (unpaired) electrons. The molecule has 1 rings (SSSR count). The maximum Gasteiger partial charge on any atom is 0.321 e. The Hall–Kier alpha value is -1.54. The molecule has 0 aliphatic carbocycles. The molecule has 7 nitrogen and oxygen atoms in total. The Morgan fingerprint density at radius 2 is 2.29 bits per heavy atom. The van der Waals surface area contributed by atoms with E-state index in [0.717, 1.165) is 0 Å². The zero-order valence-electron chi connectivity index (χ0n) is 9.56. The van der Waals surface area contributed by atoms with Crippen LogP contribution in [0.3, 0.4) is 0 Å². The van der Waals surface area contributed by atoms with Gasteiger partial charge in [0.25, 0.3) is 0 Å². The highest BCUT2D eigenvalue weighted by Crippen LogP contribution is 2.16. The van der Waals surface area contributed by atoms with Gasteiger partial charge in [0.15, 0.2) is 5.16 Å². The van der Waals surface area contributed by atoms with Gasteiger partial charge in [-0.3, -0.25) is 10.1 Å². The Labute approximate surface area is 103 Å². The number of rotatable bonds is 4. The number of aliphatic hydroxyl groups excluding tert-OH is 1. The van der Waals surface area contributed by atoms with E-state index in [1.807, 2.05) is 0 Å². The van der Waals surface area contributed by atoms with Crippen molar-refractivity contribution in [3.8, 4) is 0 Å². The molecule has 0 atom stereocenters. The van der Waals surface area contributed by atoms with Crippen LogP contribution in [-0.4, -0.2) is 39.4 Å². The molecule has 0 spiro atoms. The van der Waals surface area contributed by atoms with Crippen molar-refractivity contribution < 1.29 is 14.7 Å². The van der Waals surface area contributed by atoms with Crippen LogP contribution in [0.5, 0.6) is 0 Å². The first-order valence-corrected chi connectivity index (χ1v) is 5.82. The van der Waals surface area contributed by atoms with E-state index in [1.54, 1.807) is 17.8 Å². The standard InChI is InChI=1S/C9H14N4O3S/c1-10-8(16)12-7(15)5-17-9-11-3-6(4-14)13(9)2/h3,14H,4-5H2,1-2H3,(H2,10,12,15,16). The largest absolute Gasteiger partial charge is 0.390 e. The van der Waals surface area contributed by atoms with Crippen molar-refractivity contribution in [1.82, 2.24) is 20.2 Å². The number of thioether (sulfide) groups is 1. The molecule has 0 aliphatic heterocycles. The Morgan fingerprint density at radius 3 is 2.82 bits per heavy atom. The summed E-state index contributed by atoms with van der Waals surface area (Å²) in [6.45, 7) is -0.103. The highest BCUT2D eigenvalue weighted by Gasteiger charge is 2.10. The molecule has 17 heavy (non-hydrogen) atoms. The van der Waals surface area contributed by atoms with E-state index < -0.39 is 11.9 Å². The number of hydrogen-bond donors (Lipinski definition) is 3. The van der Waals surface area contributed by atoms with Crippen molar-refractivity contribution in [1.29, 1.82) is 0 Å². The quantitative estimate of drug-likeness (QED) is 0.630. The van der Waals surface area contributed by atoms with Crippen LogP contribution in [0, 0.1) is 0 Å². The second-order valence-electron chi connectivity index (χ2n) is 3.17. The highest BCUT2D eigenvalue weighted by atomic mass is 32.2. The second-order valence-corrected chi connectivity index (χ2v) is 4.11. The summed E-state index contributed by atoms with van der Waals surface area (Å²) in [4.78, 5) is 26.2. The second kappa shape index (κ2) is 6.26. The smallest absolute Gasteiger partial charge is 0.321 e. The number of aromatic nitrogens is 2. The van der Waals surface area contributed by atoms with Gasteiger partial charge in [-0.05, 0) is 0 Å². The van der Waals surface area contributed by atoms with Crippen LogP contribution in [0.25, 0.3) is 0 Å². The van der Waals surface area contributed by atoms with Crippen molar-refractivity contribution in [3.05, 3.63) is 11.9 Å². The third kappa shape index (κ3) is 3.75. The van der Waals surface area contributed by atoms with Gasteiger partial charge in [-0.1, -0.05) is 11.8 Å². The van der Waals surface area contributed by atoms with E-state index >= 15 is 0 Å². The van der Waals surface area contributed by atoms with Crippen molar-refractivity contribution in [3.63, 3.8) is 0 Å². The molecule has 3 amide bonds. The number of hydrogen-bond acceptors (Lipinski definition) is 5. The number of carbonyl (C=O) groups is 2. The summed E-state index contributed by atoms with van der Waals surface area (Å²) in [5.74, 6) is -0.314. The van der Waals surface area contributed by atoms with Gasteiger partial charge < -0.3 is 15.0 Å². The highest BCUT2D eigenvalue weighted by molar-refractivity contribution is 7.99. The molecule has 1 heterocycles. The Bertz CT molecular complexity index is 418. The van der Waals surface area contributed by atoms with Crippen molar-refractivity contribution in [2.45, 2.75) is 11.8 Å². The number of imidazole rings is 1. The molecule has 0 saturated heterocycles. The fourth-order valence-corrected chi connectivity index (χ4v) is 1.83. The van der Waals surface area contributed by atoms with Gasteiger partial charge in [0.05, 0.1) is 24.3 Å². The summed E-state index contributed by atoms with van der Waals surface area (Å²) in [7, 11) is 3.18. The van der Waals surface area contributed by atoms with Gasteiger partial charge in [0.1, 0.15) is 0 Å². The van der Waals surface area contributed by atoms with Gasteiger partial charge in [-0.25, -0.2) is 9.78 Å².